The van der Waals surface area contributed by atoms with E-state index in [1.54, 1.807) is 0 Å². The summed E-state index contributed by atoms with van der Waals surface area (Å²) >= 11 is 7.43. The minimum atomic E-state index is -2.55. The molecule has 1 saturated carbocycles. The van der Waals surface area contributed by atoms with Crippen molar-refractivity contribution < 1.29 is 0 Å². The number of para-hydroxylation sites is 2. The highest BCUT2D eigenvalue weighted by molar-refractivity contribution is 8.26. The predicted octanol–water partition coefficient (Wildman–Crippen LogP) is 13.6. The molecule has 4 aliphatic rings. The standard InChI is InChI=1S/C53H50N3PS/c1-6-51(2,3)37-27-29-39(30-28-37)55-44-24-16-25-45-50(44)57(58,48-26-15-22-42-49(48)56(45)53(5)34-13-12-33-52(42,53)4)47-32-31-40(35-46(47)55)54(38-19-8-7-9-20-38)43-23-14-18-36-17-10-11-21-41(36)43/h7-11,14-32,35H,6,12-13,33-34H2,1-5H3. The van der Waals surface area contributed by atoms with Gasteiger partial charge in [-0.1, -0.05) is 143 Å². The van der Waals surface area contributed by atoms with Crippen molar-refractivity contribution in [1.82, 2.24) is 0 Å². The van der Waals surface area contributed by atoms with Crippen LogP contribution in [0.25, 0.3) is 10.8 Å². The lowest BCUT2D eigenvalue weighted by molar-refractivity contribution is 0.195. The van der Waals surface area contributed by atoms with Crippen LogP contribution in [-0.4, -0.2) is 5.54 Å². The minimum absolute atomic E-state index is 0.0314. The summed E-state index contributed by atoms with van der Waals surface area (Å²) in [5.74, 6) is 0. The van der Waals surface area contributed by atoms with Gasteiger partial charge in [0.25, 0.3) is 0 Å². The van der Waals surface area contributed by atoms with E-state index in [4.69, 9.17) is 11.8 Å². The Morgan fingerprint density at radius 2 is 1.38 bits per heavy atom. The van der Waals surface area contributed by atoms with E-state index in [0.717, 1.165) is 29.2 Å². The van der Waals surface area contributed by atoms with Crippen molar-refractivity contribution in [3.8, 4) is 0 Å². The summed E-state index contributed by atoms with van der Waals surface area (Å²) in [4.78, 5) is 7.76. The van der Waals surface area contributed by atoms with E-state index in [-0.39, 0.29) is 16.4 Å². The smallest absolute Gasteiger partial charge is 0.0573 e. The molecular formula is C53H50N3PS. The second-order valence-corrected chi connectivity index (χ2v) is 22.3. The molecule has 3 atom stereocenters. The van der Waals surface area contributed by atoms with E-state index in [1.165, 1.54) is 86.2 Å². The fraction of sp³-hybridized carbons (Fsp3) is 0.245. The molecule has 0 aromatic heterocycles. The third-order valence-electron chi connectivity index (χ3n) is 14.8. The lowest BCUT2D eigenvalue weighted by Crippen LogP contribution is -2.57. The number of hydrogen-bond acceptors (Lipinski definition) is 4. The second kappa shape index (κ2) is 12.7. The predicted molar refractivity (Wildman–Crippen MR) is 253 cm³/mol. The van der Waals surface area contributed by atoms with E-state index in [1.807, 2.05) is 0 Å². The Morgan fingerprint density at radius 3 is 2.19 bits per heavy atom. The molecule has 0 spiro atoms. The van der Waals surface area contributed by atoms with Crippen LogP contribution in [0.3, 0.4) is 0 Å². The molecule has 0 saturated heterocycles. The first-order valence-corrected chi connectivity index (χ1v) is 24.0. The maximum absolute atomic E-state index is 7.43. The van der Waals surface area contributed by atoms with Gasteiger partial charge in [-0.3, -0.25) is 0 Å². The fourth-order valence-corrected chi connectivity index (χ4v) is 15.9. The normalized spacial score (nSPS) is 22.6. The summed E-state index contributed by atoms with van der Waals surface area (Å²) in [5.41, 5.74) is 12.6. The minimum Gasteiger partial charge on any atom is -0.333 e. The molecule has 3 heterocycles. The van der Waals surface area contributed by atoms with Gasteiger partial charge in [0, 0.05) is 49.8 Å². The molecule has 7 aromatic rings. The molecule has 288 valence electrons. The largest absolute Gasteiger partial charge is 0.333 e. The topological polar surface area (TPSA) is 9.72 Å². The van der Waals surface area contributed by atoms with Gasteiger partial charge in [-0.2, -0.15) is 0 Å². The Kier molecular flexibility index (Phi) is 7.86. The van der Waals surface area contributed by atoms with Crippen molar-refractivity contribution in [2.24, 2.45) is 0 Å². The van der Waals surface area contributed by atoms with Crippen molar-refractivity contribution in [2.45, 2.75) is 83.1 Å². The quantitative estimate of drug-likeness (QED) is 0.155. The Morgan fingerprint density at radius 1 is 0.672 bits per heavy atom. The summed E-state index contributed by atoms with van der Waals surface area (Å²) in [5, 5.41) is 6.42. The zero-order chi connectivity index (χ0) is 39.6. The van der Waals surface area contributed by atoms with E-state index < -0.39 is 6.04 Å². The number of benzene rings is 7. The van der Waals surface area contributed by atoms with Crippen LogP contribution >= 0.6 is 6.04 Å². The first-order valence-electron chi connectivity index (χ1n) is 21.2. The lowest BCUT2D eigenvalue weighted by Gasteiger charge is -2.53. The zero-order valence-electron chi connectivity index (χ0n) is 34.2. The molecule has 1 fully saturated rings. The third kappa shape index (κ3) is 4.71. The molecular weight excluding hydrogens is 742 g/mol. The van der Waals surface area contributed by atoms with Gasteiger partial charge in [-0.25, -0.2) is 0 Å². The molecule has 3 aliphatic heterocycles. The van der Waals surface area contributed by atoms with Gasteiger partial charge >= 0.3 is 0 Å². The number of rotatable bonds is 6. The van der Waals surface area contributed by atoms with Crippen LogP contribution in [0.1, 0.15) is 77.8 Å². The molecule has 11 rings (SSSR count). The summed E-state index contributed by atoms with van der Waals surface area (Å²) in [6.07, 6.45) is 5.97. The molecule has 0 bridgehead atoms. The van der Waals surface area contributed by atoms with Gasteiger partial charge < -0.3 is 14.7 Å². The van der Waals surface area contributed by atoms with Crippen molar-refractivity contribution in [2.75, 3.05) is 14.7 Å². The van der Waals surface area contributed by atoms with Gasteiger partial charge in [-0.15, -0.1) is 0 Å². The van der Waals surface area contributed by atoms with E-state index in [0.29, 0.717) is 0 Å². The van der Waals surface area contributed by atoms with Crippen molar-refractivity contribution in [1.29, 1.82) is 0 Å². The van der Waals surface area contributed by atoms with Crippen LogP contribution in [0.4, 0.5) is 45.5 Å². The SMILES string of the molecule is CCC(C)(C)c1ccc(N2c3cc(N(c4ccccc4)c4cccc5ccccc45)ccc3P3(=S)c4cccc5c4N(c4cccc2c43)C2(C)CCCCC52C)cc1. The summed E-state index contributed by atoms with van der Waals surface area (Å²) in [7, 11) is 0. The molecule has 3 unspecified atom stereocenters. The summed E-state index contributed by atoms with van der Waals surface area (Å²) in [6.45, 7) is 12.1. The van der Waals surface area contributed by atoms with Crippen LogP contribution < -0.4 is 30.6 Å². The molecule has 3 nitrogen and oxygen atoms in total. The van der Waals surface area contributed by atoms with Crippen LogP contribution in [0.5, 0.6) is 0 Å². The molecule has 7 aromatic carbocycles. The van der Waals surface area contributed by atoms with Gasteiger partial charge in [0.15, 0.2) is 0 Å². The Labute approximate surface area is 349 Å². The first-order chi connectivity index (χ1) is 28.1. The molecule has 58 heavy (non-hydrogen) atoms. The van der Waals surface area contributed by atoms with Crippen LogP contribution in [-0.2, 0) is 22.6 Å². The van der Waals surface area contributed by atoms with Crippen molar-refractivity contribution in [3.05, 3.63) is 163 Å². The molecule has 5 heteroatoms. The zero-order valence-corrected chi connectivity index (χ0v) is 35.9. The monoisotopic (exact) mass is 791 g/mol. The number of nitrogens with zero attached hydrogens (tertiary/aromatic N) is 3. The Hall–Kier alpha value is -5.15. The van der Waals surface area contributed by atoms with Gasteiger partial charge in [0.1, 0.15) is 0 Å². The third-order valence-corrected chi connectivity index (χ3v) is 19.8. The Bertz CT molecular complexity index is 2840. The molecule has 0 radical (unpaired) electrons. The number of hydrogen-bond donors (Lipinski definition) is 0. The fourth-order valence-electron chi connectivity index (χ4n) is 11.1. The summed E-state index contributed by atoms with van der Waals surface area (Å²) in [6, 6.07) is 54.5. The Balaban J connectivity index is 1.21. The van der Waals surface area contributed by atoms with Crippen LogP contribution in [0, 0.1) is 0 Å². The highest BCUT2D eigenvalue weighted by Gasteiger charge is 2.61. The maximum atomic E-state index is 7.43. The molecule has 1 aliphatic carbocycles. The second-order valence-electron chi connectivity index (χ2n) is 18.0. The average Bonchev–Trinajstić information content (AvgIpc) is 3.47. The van der Waals surface area contributed by atoms with Gasteiger partial charge in [0.05, 0.1) is 34.0 Å². The molecule has 0 amide bonds. The average molecular weight is 792 g/mol. The van der Waals surface area contributed by atoms with Gasteiger partial charge in [-0.05, 0) is 109 Å². The van der Waals surface area contributed by atoms with Crippen LogP contribution in [0.15, 0.2) is 152 Å². The lowest BCUT2D eigenvalue weighted by atomic mass is 9.61. The number of anilines is 8. The van der Waals surface area contributed by atoms with E-state index in [9.17, 15) is 0 Å². The van der Waals surface area contributed by atoms with Gasteiger partial charge in [0.2, 0.25) is 0 Å². The highest BCUT2D eigenvalue weighted by atomic mass is 32.4. The first kappa shape index (κ1) is 36.0. The highest BCUT2D eigenvalue weighted by Crippen LogP contribution is 2.68. The summed E-state index contributed by atoms with van der Waals surface area (Å²) < 4.78 is 0. The van der Waals surface area contributed by atoms with Crippen LogP contribution in [0.2, 0.25) is 0 Å². The van der Waals surface area contributed by atoms with E-state index >= 15 is 0 Å². The van der Waals surface area contributed by atoms with Crippen molar-refractivity contribution in [3.63, 3.8) is 0 Å². The van der Waals surface area contributed by atoms with E-state index in [2.05, 4.69) is 201 Å². The maximum Gasteiger partial charge on any atom is 0.0573 e. The van der Waals surface area contributed by atoms with Crippen molar-refractivity contribution >= 4 is 90.0 Å². The molecule has 0 N–H and O–H groups in total. The number of fused-ring (bicyclic) bond motifs is 8.